The SMILES string of the molecule is Cl.F.F.[MgH2]. The second-order valence-corrected chi connectivity index (χ2v) is 0. The molecule has 0 bridgehead atoms. The Morgan fingerprint density at radius 1 is 0.750 bits per heavy atom. The van der Waals surface area contributed by atoms with Gasteiger partial charge in [-0.05, 0) is 0 Å². The zero-order chi connectivity index (χ0) is 0. The standard InChI is InChI=1S/ClH.2FH.Mg.2H/h3*1H;;;. The van der Waals surface area contributed by atoms with E-state index in [1.54, 1.807) is 0 Å². The Hall–Kier alpha value is 0.916. The minimum atomic E-state index is 0. The first-order valence-electron chi connectivity index (χ1n) is 0. The van der Waals surface area contributed by atoms with Gasteiger partial charge in [-0.1, -0.05) is 0 Å². The van der Waals surface area contributed by atoms with Gasteiger partial charge in [0.05, 0.1) is 0 Å². The summed E-state index contributed by atoms with van der Waals surface area (Å²) in [6.07, 6.45) is 0. The first-order valence-corrected chi connectivity index (χ1v) is 0. The Balaban J connectivity index is 0. The third-order valence-electron chi connectivity index (χ3n) is 0. The Kier molecular flexibility index (Phi) is 891. The van der Waals surface area contributed by atoms with Crippen LogP contribution in [0.3, 0.4) is 0 Å². The van der Waals surface area contributed by atoms with Gasteiger partial charge in [-0.3, -0.25) is 9.41 Å². The molecule has 28 valence electrons. The normalized spacial score (nSPS) is 0. The minimum absolute atomic E-state index is 0. The molecule has 0 aromatic heterocycles. The van der Waals surface area contributed by atoms with E-state index >= 15 is 0 Å². The fourth-order valence-corrected chi connectivity index (χ4v) is 0. The molecule has 0 saturated heterocycles. The molecule has 0 rings (SSSR count). The lowest BCUT2D eigenvalue weighted by Gasteiger charge is -0.270. The van der Waals surface area contributed by atoms with Gasteiger partial charge in [0.2, 0.25) is 0 Å². The molecule has 0 aliphatic carbocycles. The van der Waals surface area contributed by atoms with Crippen LogP contribution in [0.5, 0.6) is 0 Å². The van der Waals surface area contributed by atoms with Crippen molar-refractivity contribution in [1.29, 1.82) is 0 Å². The highest BCUT2D eigenvalue weighted by molar-refractivity contribution is 5.85. The lowest BCUT2D eigenvalue weighted by molar-refractivity contribution is 1.11. The van der Waals surface area contributed by atoms with Crippen LogP contribution in [0.2, 0.25) is 0 Å². The van der Waals surface area contributed by atoms with E-state index in [0.717, 1.165) is 0 Å². The molecule has 0 atom stereocenters. The van der Waals surface area contributed by atoms with E-state index in [1.165, 1.54) is 0 Å². The molecule has 0 fully saturated rings. The number of rotatable bonds is 0. The summed E-state index contributed by atoms with van der Waals surface area (Å²) in [4.78, 5) is 0. The number of halogens is 3. The number of hydrogen-bond acceptors (Lipinski definition) is 0. The van der Waals surface area contributed by atoms with Gasteiger partial charge in [0, 0.05) is 0 Å². The van der Waals surface area contributed by atoms with Crippen molar-refractivity contribution in [3.63, 3.8) is 0 Å². The third-order valence-corrected chi connectivity index (χ3v) is 0. The van der Waals surface area contributed by atoms with Gasteiger partial charge in [-0.15, -0.1) is 12.4 Å². The summed E-state index contributed by atoms with van der Waals surface area (Å²) < 4.78 is 0. The van der Waals surface area contributed by atoms with E-state index in [0.29, 0.717) is 0 Å². The topological polar surface area (TPSA) is 0 Å². The zero-order valence-corrected chi connectivity index (χ0v) is 2.04. The van der Waals surface area contributed by atoms with E-state index in [1.807, 2.05) is 0 Å². The van der Waals surface area contributed by atoms with Gasteiger partial charge in [-0.25, -0.2) is 0 Å². The highest BCUT2D eigenvalue weighted by Crippen LogP contribution is 0.690. The molecular formula is H5ClF2Mg. The Labute approximate surface area is 45.2 Å². The smallest absolute Gasteiger partial charge is 0.269 e. The van der Waals surface area contributed by atoms with Crippen LogP contribution in [0.25, 0.3) is 0 Å². The summed E-state index contributed by atoms with van der Waals surface area (Å²) in [7, 11) is 0. The largest absolute Gasteiger partial charge is 0.316 e. The fraction of sp³-hybridized carbons (Fsp3) is 0. The Morgan fingerprint density at radius 3 is 0.750 bits per heavy atom. The van der Waals surface area contributed by atoms with Crippen molar-refractivity contribution in [3.05, 3.63) is 0 Å². The van der Waals surface area contributed by atoms with Gasteiger partial charge in [0.1, 0.15) is 0 Å². The highest BCUT2D eigenvalue weighted by atomic mass is 35.5. The maximum absolute atomic E-state index is 0. The van der Waals surface area contributed by atoms with Crippen molar-refractivity contribution in [3.8, 4) is 0 Å². The summed E-state index contributed by atoms with van der Waals surface area (Å²) >= 11 is 0. The van der Waals surface area contributed by atoms with Crippen LogP contribution in [0.15, 0.2) is 0 Å². The third kappa shape index (κ3) is 12.8. The van der Waals surface area contributed by atoms with E-state index in [9.17, 15) is 0 Å². The summed E-state index contributed by atoms with van der Waals surface area (Å²) in [5, 5.41) is 0. The molecule has 0 unspecified atom stereocenters. The monoisotopic (exact) mass is 102 g/mol. The molecular weight excluding hydrogens is 97.8 g/mol. The molecule has 4 heavy (non-hydrogen) atoms. The van der Waals surface area contributed by atoms with E-state index < -0.39 is 0 Å². The maximum atomic E-state index is 0. The second kappa shape index (κ2) is 39.7. The lowest BCUT2D eigenvalue weighted by atomic mass is 19.0. The van der Waals surface area contributed by atoms with Gasteiger partial charge in [0.25, 0.3) is 0 Å². The first-order chi connectivity index (χ1) is 0. The molecule has 0 amide bonds. The average Bonchev–Trinajstić information content (AvgIpc) is 0. The molecule has 0 spiro atoms. The van der Waals surface area contributed by atoms with Crippen LogP contribution in [0.4, 0.5) is 9.41 Å². The van der Waals surface area contributed by atoms with Crippen molar-refractivity contribution in [2.45, 2.75) is 0 Å². The molecule has 0 heterocycles. The van der Waals surface area contributed by atoms with Gasteiger partial charge in [0.15, 0.2) is 0 Å². The van der Waals surface area contributed by atoms with E-state index in [-0.39, 0.29) is 44.9 Å². The summed E-state index contributed by atoms with van der Waals surface area (Å²) in [5.41, 5.74) is 0. The Bertz CT molecular complexity index is 6.00. The summed E-state index contributed by atoms with van der Waals surface area (Å²) in [6, 6.07) is 0. The quantitative estimate of drug-likeness (QED) is 0.372. The van der Waals surface area contributed by atoms with Crippen molar-refractivity contribution >= 4 is 35.5 Å². The number of hydrogen-bond donors (Lipinski definition) is 0. The average molecular weight is 103 g/mol. The molecule has 0 aliphatic rings. The molecule has 0 aromatic carbocycles. The van der Waals surface area contributed by atoms with Crippen LogP contribution in [0.1, 0.15) is 0 Å². The van der Waals surface area contributed by atoms with Crippen molar-refractivity contribution < 1.29 is 9.41 Å². The van der Waals surface area contributed by atoms with E-state index in [4.69, 9.17) is 0 Å². The minimum Gasteiger partial charge on any atom is -0.269 e. The molecule has 0 aliphatic heterocycles. The Morgan fingerprint density at radius 2 is 0.750 bits per heavy atom. The zero-order valence-electron chi connectivity index (χ0n) is 1.22. The predicted octanol–water partition coefficient (Wildman–Crippen LogP) is -0.189. The molecule has 0 saturated carbocycles. The lowest BCUT2D eigenvalue weighted by Crippen LogP contribution is -0.381. The predicted molar refractivity (Wildman–Crippen MR) is 20.8 cm³/mol. The maximum Gasteiger partial charge on any atom is 0.316 e. The van der Waals surface area contributed by atoms with Crippen molar-refractivity contribution in [2.24, 2.45) is 0 Å². The second-order valence-electron chi connectivity index (χ2n) is 0. The van der Waals surface area contributed by atoms with Crippen molar-refractivity contribution in [2.75, 3.05) is 0 Å². The molecule has 0 N–H and O–H groups in total. The van der Waals surface area contributed by atoms with Crippen LogP contribution in [-0.4, -0.2) is 23.1 Å². The van der Waals surface area contributed by atoms with Gasteiger partial charge in [-0.2, -0.15) is 0 Å². The first kappa shape index (κ1) is 89.8. The highest BCUT2D eigenvalue weighted by Gasteiger charge is 0.316. The van der Waals surface area contributed by atoms with Crippen LogP contribution in [-0.2, 0) is 0 Å². The summed E-state index contributed by atoms with van der Waals surface area (Å²) in [5.74, 6) is 0. The van der Waals surface area contributed by atoms with E-state index in [2.05, 4.69) is 0 Å². The van der Waals surface area contributed by atoms with Crippen LogP contribution >= 0.6 is 12.4 Å². The van der Waals surface area contributed by atoms with Crippen molar-refractivity contribution in [1.82, 2.24) is 0 Å². The van der Waals surface area contributed by atoms with Crippen LogP contribution < -0.4 is 0 Å². The van der Waals surface area contributed by atoms with Gasteiger partial charge < -0.3 is 0 Å². The molecule has 0 aromatic rings. The van der Waals surface area contributed by atoms with Crippen LogP contribution in [0, 0.1) is 0 Å². The molecule has 0 radical (unpaired) electrons. The molecule has 0 nitrogen and oxygen atoms in total. The fourth-order valence-electron chi connectivity index (χ4n) is 0. The summed E-state index contributed by atoms with van der Waals surface area (Å²) in [6.45, 7) is 0. The molecule has 4 heteroatoms. The van der Waals surface area contributed by atoms with Gasteiger partial charge >= 0.3 is 23.1 Å².